The van der Waals surface area contributed by atoms with Crippen molar-refractivity contribution in [2.45, 2.75) is 39.3 Å². The van der Waals surface area contributed by atoms with Gasteiger partial charge in [-0.2, -0.15) is 0 Å². The fourth-order valence-electron chi connectivity index (χ4n) is 1.53. The molecule has 2 amide bonds. The molecule has 5 nitrogen and oxygen atoms in total. The predicted octanol–water partition coefficient (Wildman–Crippen LogP) is -0.0473. The minimum atomic E-state index is -0.579. The Morgan fingerprint density at radius 1 is 1.31 bits per heavy atom. The van der Waals surface area contributed by atoms with Gasteiger partial charge >= 0.3 is 0 Å². The van der Waals surface area contributed by atoms with Crippen molar-refractivity contribution in [1.82, 2.24) is 10.2 Å². The summed E-state index contributed by atoms with van der Waals surface area (Å²) in [6.07, 6.45) is 0.634. The van der Waals surface area contributed by atoms with Crippen molar-refractivity contribution in [2.24, 2.45) is 11.7 Å². The van der Waals surface area contributed by atoms with Crippen LogP contribution in [0.25, 0.3) is 0 Å². The standard InChI is InChI=1S/C11H23N3O2/c1-7(2)6-9(10(15)13-4)14(5)11(16)8(3)12/h7-9H,6,12H2,1-5H3,(H,13,15)/t8?,9-/m1/s1. The number of nitrogens with one attached hydrogen (secondary N) is 1. The monoisotopic (exact) mass is 229 g/mol. The van der Waals surface area contributed by atoms with Gasteiger partial charge in [-0.05, 0) is 19.3 Å². The second kappa shape index (κ2) is 6.48. The van der Waals surface area contributed by atoms with Gasteiger partial charge in [0.15, 0.2) is 0 Å². The van der Waals surface area contributed by atoms with E-state index in [-0.39, 0.29) is 11.8 Å². The lowest BCUT2D eigenvalue weighted by atomic mass is 10.0. The third-order valence-electron chi connectivity index (χ3n) is 2.45. The molecule has 0 aliphatic carbocycles. The molecule has 1 unspecified atom stereocenters. The summed E-state index contributed by atoms with van der Waals surface area (Å²) in [6.45, 7) is 5.65. The molecule has 0 fully saturated rings. The average Bonchev–Trinajstić information content (AvgIpc) is 2.22. The van der Waals surface area contributed by atoms with Gasteiger partial charge in [0.2, 0.25) is 11.8 Å². The van der Waals surface area contributed by atoms with E-state index in [9.17, 15) is 9.59 Å². The van der Waals surface area contributed by atoms with Crippen LogP contribution in [0.2, 0.25) is 0 Å². The molecule has 0 aliphatic heterocycles. The van der Waals surface area contributed by atoms with Gasteiger partial charge in [0.1, 0.15) is 6.04 Å². The molecule has 0 aliphatic rings. The zero-order valence-electron chi connectivity index (χ0n) is 10.8. The largest absolute Gasteiger partial charge is 0.357 e. The molecule has 0 heterocycles. The molecule has 0 aromatic heterocycles. The summed E-state index contributed by atoms with van der Waals surface area (Å²) >= 11 is 0. The molecule has 0 rings (SSSR count). The Morgan fingerprint density at radius 2 is 1.81 bits per heavy atom. The van der Waals surface area contributed by atoms with E-state index in [4.69, 9.17) is 5.73 Å². The van der Waals surface area contributed by atoms with Crippen molar-refractivity contribution in [3.05, 3.63) is 0 Å². The topological polar surface area (TPSA) is 75.4 Å². The number of carbonyl (C=O) groups excluding carboxylic acids is 2. The Kier molecular flexibility index (Phi) is 6.03. The highest BCUT2D eigenvalue weighted by Crippen LogP contribution is 2.11. The number of amides is 2. The number of hydrogen-bond acceptors (Lipinski definition) is 3. The first kappa shape index (κ1) is 14.9. The lowest BCUT2D eigenvalue weighted by molar-refractivity contribution is -0.140. The average molecular weight is 229 g/mol. The molecule has 0 saturated heterocycles. The van der Waals surface area contributed by atoms with Crippen LogP contribution in [-0.2, 0) is 9.59 Å². The van der Waals surface area contributed by atoms with Gasteiger partial charge in [0, 0.05) is 14.1 Å². The molecule has 5 heteroatoms. The summed E-state index contributed by atoms with van der Waals surface area (Å²) in [5, 5.41) is 2.57. The zero-order chi connectivity index (χ0) is 12.9. The van der Waals surface area contributed by atoms with E-state index in [2.05, 4.69) is 5.32 Å². The van der Waals surface area contributed by atoms with Crippen molar-refractivity contribution in [1.29, 1.82) is 0 Å². The summed E-state index contributed by atoms with van der Waals surface area (Å²) in [5.41, 5.74) is 5.52. The van der Waals surface area contributed by atoms with Crippen LogP contribution in [0.4, 0.5) is 0 Å². The van der Waals surface area contributed by atoms with Crippen LogP contribution in [0.3, 0.4) is 0 Å². The van der Waals surface area contributed by atoms with E-state index >= 15 is 0 Å². The number of rotatable bonds is 5. The predicted molar refractivity (Wildman–Crippen MR) is 63.7 cm³/mol. The molecule has 0 aromatic rings. The summed E-state index contributed by atoms with van der Waals surface area (Å²) < 4.78 is 0. The van der Waals surface area contributed by atoms with Crippen LogP contribution in [0.5, 0.6) is 0 Å². The van der Waals surface area contributed by atoms with Crippen LogP contribution >= 0.6 is 0 Å². The maximum Gasteiger partial charge on any atom is 0.242 e. The fourth-order valence-corrected chi connectivity index (χ4v) is 1.53. The lowest BCUT2D eigenvalue weighted by Crippen LogP contribution is -2.51. The molecule has 0 radical (unpaired) electrons. The van der Waals surface area contributed by atoms with Crippen LogP contribution in [0.1, 0.15) is 27.2 Å². The van der Waals surface area contributed by atoms with Gasteiger partial charge in [-0.15, -0.1) is 0 Å². The molecule has 2 atom stereocenters. The summed E-state index contributed by atoms with van der Waals surface area (Å²) in [5.74, 6) is -0.0231. The van der Waals surface area contributed by atoms with Crippen molar-refractivity contribution >= 4 is 11.8 Å². The third kappa shape index (κ3) is 4.18. The quantitative estimate of drug-likeness (QED) is 0.694. The highest BCUT2D eigenvalue weighted by atomic mass is 16.2. The van der Waals surface area contributed by atoms with E-state index in [1.807, 2.05) is 13.8 Å². The molecule has 3 N–H and O–H groups in total. The van der Waals surface area contributed by atoms with E-state index in [0.717, 1.165) is 0 Å². The third-order valence-corrected chi connectivity index (χ3v) is 2.45. The number of nitrogens with zero attached hydrogens (tertiary/aromatic N) is 1. The Bertz CT molecular complexity index is 252. The van der Waals surface area contributed by atoms with Crippen molar-refractivity contribution in [3.8, 4) is 0 Å². The van der Waals surface area contributed by atoms with Gasteiger partial charge in [-0.3, -0.25) is 9.59 Å². The Balaban J connectivity index is 4.75. The number of nitrogens with two attached hydrogens (primary N) is 1. The van der Waals surface area contributed by atoms with Crippen LogP contribution in [-0.4, -0.2) is 42.9 Å². The zero-order valence-corrected chi connectivity index (χ0v) is 10.8. The molecular formula is C11H23N3O2. The molecule has 0 saturated carbocycles. The van der Waals surface area contributed by atoms with Gasteiger partial charge in [0.25, 0.3) is 0 Å². The first-order chi connectivity index (χ1) is 7.31. The lowest BCUT2D eigenvalue weighted by Gasteiger charge is -2.29. The van der Waals surface area contributed by atoms with E-state index in [1.165, 1.54) is 4.90 Å². The summed E-state index contributed by atoms with van der Waals surface area (Å²) in [6, 6.07) is -1.02. The minimum Gasteiger partial charge on any atom is -0.357 e. The highest BCUT2D eigenvalue weighted by molar-refractivity contribution is 5.89. The smallest absolute Gasteiger partial charge is 0.242 e. The maximum atomic E-state index is 11.7. The minimum absolute atomic E-state index is 0.148. The van der Waals surface area contributed by atoms with E-state index in [0.29, 0.717) is 12.3 Å². The van der Waals surface area contributed by atoms with Crippen molar-refractivity contribution < 1.29 is 9.59 Å². The Morgan fingerprint density at radius 3 is 2.12 bits per heavy atom. The first-order valence-corrected chi connectivity index (χ1v) is 5.55. The fraction of sp³-hybridized carbons (Fsp3) is 0.818. The van der Waals surface area contributed by atoms with Crippen LogP contribution < -0.4 is 11.1 Å². The molecule has 0 spiro atoms. The van der Waals surface area contributed by atoms with Gasteiger partial charge < -0.3 is 16.0 Å². The van der Waals surface area contributed by atoms with Gasteiger partial charge in [0.05, 0.1) is 6.04 Å². The van der Waals surface area contributed by atoms with Gasteiger partial charge in [-0.1, -0.05) is 13.8 Å². The number of hydrogen-bond donors (Lipinski definition) is 2. The molecular weight excluding hydrogens is 206 g/mol. The number of carbonyl (C=O) groups is 2. The van der Waals surface area contributed by atoms with Crippen LogP contribution in [0.15, 0.2) is 0 Å². The van der Waals surface area contributed by atoms with Gasteiger partial charge in [-0.25, -0.2) is 0 Å². The SMILES string of the molecule is CNC(=O)[C@@H](CC(C)C)N(C)C(=O)C(C)N. The number of likely N-dealkylation sites (N-methyl/N-ethyl adjacent to an activating group) is 2. The molecule has 0 aromatic carbocycles. The van der Waals surface area contributed by atoms with Crippen LogP contribution in [0, 0.1) is 5.92 Å². The summed E-state index contributed by atoms with van der Waals surface area (Å²) in [4.78, 5) is 24.8. The Hall–Kier alpha value is -1.10. The van der Waals surface area contributed by atoms with Crippen molar-refractivity contribution in [2.75, 3.05) is 14.1 Å². The second-order valence-corrected chi connectivity index (χ2v) is 4.50. The van der Waals surface area contributed by atoms with Crippen molar-refractivity contribution in [3.63, 3.8) is 0 Å². The second-order valence-electron chi connectivity index (χ2n) is 4.50. The summed E-state index contributed by atoms with van der Waals surface area (Å²) in [7, 11) is 3.19. The molecule has 94 valence electrons. The van der Waals surface area contributed by atoms with E-state index < -0.39 is 12.1 Å². The first-order valence-electron chi connectivity index (χ1n) is 5.55. The van der Waals surface area contributed by atoms with E-state index in [1.54, 1.807) is 21.0 Å². The molecule has 0 bridgehead atoms. The highest BCUT2D eigenvalue weighted by Gasteiger charge is 2.28. The normalized spacial score (nSPS) is 14.4. The Labute approximate surface area is 97.4 Å². The molecule has 16 heavy (non-hydrogen) atoms. The maximum absolute atomic E-state index is 11.7.